The second-order valence-corrected chi connectivity index (χ2v) is 3.46. The van der Waals surface area contributed by atoms with Crippen LogP contribution in [0.2, 0.25) is 5.02 Å². The van der Waals surface area contributed by atoms with Crippen molar-refractivity contribution in [3.8, 4) is 0 Å². The van der Waals surface area contributed by atoms with Gasteiger partial charge in [0.15, 0.2) is 0 Å². The lowest BCUT2D eigenvalue weighted by atomic mass is 10.0. The van der Waals surface area contributed by atoms with Crippen LogP contribution in [0.1, 0.15) is 18.0 Å². The number of hydrogen-bond acceptors (Lipinski definition) is 3. The number of esters is 1. The zero-order valence-corrected chi connectivity index (χ0v) is 10.1. The number of halogens is 3. The summed E-state index contributed by atoms with van der Waals surface area (Å²) < 4.78 is 17.4. The van der Waals surface area contributed by atoms with Crippen LogP contribution >= 0.6 is 24.0 Å². The normalized spacial score (nSPS) is 11.5. The molecular formula is C10H12Cl2FNO2. The van der Waals surface area contributed by atoms with E-state index < -0.39 is 17.8 Å². The maximum Gasteiger partial charge on any atom is 0.307 e. The van der Waals surface area contributed by atoms with E-state index >= 15 is 0 Å². The fraction of sp³-hybridized carbons (Fsp3) is 0.300. The molecule has 0 heterocycles. The second-order valence-electron chi connectivity index (χ2n) is 3.05. The highest BCUT2D eigenvalue weighted by molar-refractivity contribution is 6.31. The van der Waals surface area contributed by atoms with Crippen LogP contribution in [0.5, 0.6) is 0 Å². The summed E-state index contributed by atoms with van der Waals surface area (Å²) in [7, 11) is 1.27. The van der Waals surface area contributed by atoms with Gasteiger partial charge in [-0.1, -0.05) is 11.6 Å². The van der Waals surface area contributed by atoms with E-state index in [1.54, 1.807) is 0 Å². The maximum atomic E-state index is 12.9. The van der Waals surface area contributed by atoms with Crippen molar-refractivity contribution in [2.75, 3.05) is 7.11 Å². The van der Waals surface area contributed by atoms with E-state index in [1.165, 1.54) is 25.3 Å². The Morgan fingerprint density at radius 1 is 1.62 bits per heavy atom. The minimum Gasteiger partial charge on any atom is -0.469 e. The van der Waals surface area contributed by atoms with Crippen LogP contribution in [-0.4, -0.2) is 13.1 Å². The van der Waals surface area contributed by atoms with Crippen LogP contribution in [0.25, 0.3) is 0 Å². The highest BCUT2D eigenvalue weighted by Crippen LogP contribution is 2.24. The molecule has 1 aromatic carbocycles. The Morgan fingerprint density at radius 3 is 2.81 bits per heavy atom. The molecule has 0 aromatic heterocycles. The Kier molecular flexibility index (Phi) is 6.33. The van der Waals surface area contributed by atoms with Crippen molar-refractivity contribution in [1.29, 1.82) is 0 Å². The number of rotatable bonds is 3. The number of carbonyl (C=O) groups excluding carboxylic acids is 1. The van der Waals surface area contributed by atoms with Crippen molar-refractivity contribution < 1.29 is 13.9 Å². The quantitative estimate of drug-likeness (QED) is 0.857. The molecule has 0 bridgehead atoms. The van der Waals surface area contributed by atoms with Gasteiger partial charge in [-0.15, -0.1) is 12.4 Å². The molecule has 0 amide bonds. The molecule has 6 heteroatoms. The lowest BCUT2D eigenvalue weighted by molar-refractivity contribution is -0.141. The summed E-state index contributed by atoms with van der Waals surface area (Å²) >= 11 is 5.82. The van der Waals surface area contributed by atoms with Crippen LogP contribution in [0.4, 0.5) is 4.39 Å². The SMILES string of the molecule is COC(=O)CC(N)c1cc(F)ccc1Cl.Cl. The molecule has 1 atom stereocenters. The van der Waals surface area contributed by atoms with Crippen LogP contribution in [0.15, 0.2) is 18.2 Å². The molecule has 0 aliphatic rings. The summed E-state index contributed by atoms with van der Waals surface area (Å²) in [5.74, 6) is -0.891. The van der Waals surface area contributed by atoms with Crippen molar-refractivity contribution in [2.24, 2.45) is 5.73 Å². The lowest BCUT2D eigenvalue weighted by Crippen LogP contribution is -2.16. The first kappa shape index (κ1) is 15.2. The zero-order chi connectivity index (χ0) is 11.4. The summed E-state index contributed by atoms with van der Waals surface area (Å²) in [6, 6.07) is 3.20. The fourth-order valence-electron chi connectivity index (χ4n) is 1.17. The topological polar surface area (TPSA) is 52.3 Å². The van der Waals surface area contributed by atoms with Crippen LogP contribution in [-0.2, 0) is 9.53 Å². The number of benzene rings is 1. The summed E-state index contributed by atoms with van der Waals surface area (Å²) in [5.41, 5.74) is 6.09. The molecule has 1 aromatic rings. The van der Waals surface area contributed by atoms with E-state index in [2.05, 4.69) is 4.74 Å². The molecule has 1 rings (SSSR count). The van der Waals surface area contributed by atoms with Gasteiger partial charge >= 0.3 is 5.97 Å². The van der Waals surface area contributed by atoms with E-state index in [0.29, 0.717) is 10.6 Å². The Morgan fingerprint density at radius 2 is 2.25 bits per heavy atom. The van der Waals surface area contributed by atoms with Gasteiger partial charge in [-0.05, 0) is 23.8 Å². The summed E-state index contributed by atoms with van der Waals surface area (Å²) in [6.07, 6.45) is -0.0281. The van der Waals surface area contributed by atoms with Crippen molar-refractivity contribution in [2.45, 2.75) is 12.5 Å². The summed E-state index contributed by atoms with van der Waals surface area (Å²) in [5, 5.41) is 0.341. The zero-order valence-electron chi connectivity index (χ0n) is 8.57. The third-order valence-corrected chi connectivity index (χ3v) is 2.32. The molecule has 3 nitrogen and oxygen atoms in total. The number of hydrogen-bond donors (Lipinski definition) is 1. The highest BCUT2D eigenvalue weighted by atomic mass is 35.5. The van der Waals surface area contributed by atoms with Gasteiger partial charge in [0.2, 0.25) is 0 Å². The predicted molar refractivity (Wildman–Crippen MR) is 62.2 cm³/mol. The van der Waals surface area contributed by atoms with E-state index in [1.807, 2.05) is 0 Å². The average Bonchev–Trinajstić information content (AvgIpc) is 2.21. The molecule has 90 valence electrons. The van der Waals surface area contributed by atoms with Crippen LogP contribution in [0.3, 0.4) is 0 Å². The highest BCUT2D eigenvalue weighted by Gasteiger charge is 2.15. The summed E-state index contributed by atoms with van der Waals surface area (Å²) in [4.78, 5) is 11.0. The molecule has 1 unspecified atom stereocenters. The first-order valence-electron chi connectivity index (χ1n) is 4.32. The minimum absolute atomic E-state index is 0. The monoisotopic (exact) mass is 267 g/mol. The van der Waals surface area contributed by atoms with E-state index in [4.69, 9.17) is 17.3 Å². The Hall–Kier alpha value is -0.840. The third-order valence-electron chi connectivity index (χ3n) is 1.97. The predicted octanol–water partition coefficient (Wildman–Crippen LogP) is 2.46. The molecule has 0 saturated heterocycles. The number of ether oxygens (including phenoxy) is 1. The number of carbonyl (C=O) groups is 1. The van der Waals surface area contributed by atoms with Gasteiger partial charge in [0.25, 0.3) is 0 Å². The van der Waals surface area contributed by atoms with Crippen molar-refractivity contribution in [3.63, 3.8) is 0 Å². The first-order chi connectivity index (χ1) is 7.04. The molecule has 0 spiro atoms. The van der Waals surface area contributed by atoms with Crippen LogP contribution in [0, 0.1) is 5.82 Å². The Labute approximate surface area is 104 Å². The van der Waals surface area contributed by atoms with Gasteiger partial charge in [-0.3, -0.25) is 4.79 Å². The van der Waals surface area contributed by atoms with Crippen LogP contribution < -0.4 is 5.73 Å². The molecule has 16 heavy (non-hydrogen) atoms. The molecule has 0 aliphatic carbocycles. The van der Waals surface area contributed by atoms with Gasteiger partial charge in [0, 0.05) is 11.1 Å². The summed E-state index contributed by atoms with van der Waals surface area (Å²) in [6.45, 7) is 0. The lowest BCUT2D eigenvalue weighted by Gasteiger charge is -2.12. The van der Waals surface area contributed by atoms with Gasteiger partial charge in [-0.2, -0.15) is 0 Å². The van der Waals surface area contributed by atoms with Gasteiger partial charge in [-0.25, -0.2) is 4.39 Å². The van der Waals surface area contributed by atoms with E-state index in [9.17, 15) is 9.18 Å². The fourth-order valence-corrected chi connectivity index (χ4v) is 1.43. The third kappa shape index (κ3) is 3.96. The minimum atomic E-state index is -0.652. The van der Waals surface area contributed by atoms with Gasteiger partial charge in [0.1, 0.15) is 5.82 Å². The smallest absolute Gasteiger partial charge is 0.307 e. The van der Waals surface area contributed by atoms with Crippen molar-refractivity contribution in [1.82, 2.24) is 0 Å². The molecule has 0 radical (unpaired) electrons. The van der Waals surface area contributed by atoms with E-state index in [0.717, 1.165) is 0 Å². The second kappa shape index (κ2) is 6.68. The molecule has 2 N–H and O–H groups in total. The Bertz CT molecular complexity index is 374. The van der Waals surface area contributed by atoms with E-state index in [-0.39, 0.29) is 18.8 Å². The molecule has 0 aliphatic heterocycles. The van der Waals surface area contributed by atoms with Gasteiger partial charge < -0.3 is 10.5 Å². The van der Waals surface area contributed by atoms with Gasteiger partial charge in [0.05, 0.1) is 13.5 Å². The first-order valence-corrected chi connectivity index (χ1v) is 4.69. The number of nitrogens with two attached hydrogens (primary N) is 1. The maximum absolute atomic E-state index is 12.9. The molecular weight excluding hydrogens is 256 g/mol. The van der Waals surface area contributed by atoms with Crippen molar-refractivity contribution in [3.05, 3.63) is 34.6 Å². The largest absolute Gasteiger partial charge is 0.469 e. The molecule has 0 saturated carbocycles. The number of methoxy groups -OCH3 is 1. The average molecular weight is 268 g/mol. The Balaban J connectivity index is 0.00000225. The van der Waals surface area contributed by atoms with Crippen molar-refractivity contribution >= 4 is 30.0 Å². The molecule has 0 fully saturated rings. The standard InChI is InChI=1S/C10H11ClFNO2.ClH/c1-15-10(14)5-9(13)7-4-6(12)2-3-8(7)11;/h2-4,9H,5,13H2,1H3;1H.